The number of nitriles is 1. The second-order valence-electron chi connectivity index (χ2n) is 8.03. The lowest BCUT2D eigenvalue weighted by molar-refractivity contribution is 0.00540. The highest BCUT2D eigenvalue weighted by Crippen LogP contribution is 2.32. The van der Waals surface area contributed by atoms with Crippen LogP contribution in [0, 0.1) is 11.3 Å². The highest BCUT2D eigenvalue weighted by atomic mass is 16.6. The SMILES string of the molecule is CC(C)(C)OC(=O)N1CCN(C(c2ccccc2)c2ccccc2)[C@@H](C#N)C1. The van der Waals surface area contributed by atoms with Crippen molar-refractivity contribution in [2.24, 2.45) is 0 Å². The zero-order valence-electron chi connectivity index (χ0n) is 16.7. The molecule has 146 valence electrons. The van der Waals surface area contributed by atoms with E-state index in [9.17, 15) is 10.1 Å². The molecule has 0 bridgehead atoms. The summed E-state index contributed by atoms with van der Waals surface area (Å²) in [5.74, 6) is 0. The van der Waals surface area contributed by atoms with E-state index in [-0.39, 0.29) is 12.1 Å². The van der Waals surface area contributed by atoms with Crippen molar-refractivity contribution in [1.82, 2.24) is 9.80 Å². The molecule has 3 rings (SSSR count). The maximum atomic E-state index is 12.5. The van der Waals surface area contributed by atoms with Gasteiger partial charge < -0.3 is 9.64 Å². The fourth-order valence-electron chi connectivity index (χ4n) is 3.56. The number of benzene rings is 2. The normalized spacial score (nSPS) is 18.0. The number of carbonyl (C=O) groups is 1. The third-order valence-corrected chi connectivity index (χ3v) is 4.78. The maximum absolute atomic E-state index is 12.5. The first kappa shape index (κ1) is 19.9. The van der Waals surface area contributed by atoms with Crippen LogP contribution in [0.5, 0.6) is 0 Å². The van der Waals surface area contributed by atoms with Gasteiger partial charge in [0.05, 0.1) is 18.7 Å². The summed E-state index contributed by atoms with van der Waals surface area (Å²) in [6.07, 6.45) is -0.358. The molecule has 0 aromatic heterocycles. The lowest BCUT2D eigenvalue weighted by Gasteiger charge is -2.42. The second-order valence-corrected chi connectivity index (χ2v) is 8.03. The first-order valence-electron chi connectivity index (χ1n) is 9.62. The lowest BCUT2D eigenvalue weighted by atomic mass is 9.95. The average Bonchev–Trinajstić information content (AvgIpc) is 2.69. The first-order valence-corrected chi connectivity index (χ1v) is 9.62. The van der Waals surface area contributed by atoms with Crippen molar-refractivity contribution in [2.75, 3.05) is 19.6 Å². The van der Waals surface area contributed by atoms with E-state index >= 15 is 0 Å². The molecule has 1 aliphatic rings. The fraction of sp³-hybridized carbons (Fsp3) is 0.391. The van der Waals surface area contributed by atoms with Crippen molar-refractivity contribution in [2.45, 2.75) is 38.5 Å². The summed E-state index contributed by atoms with van der Waals surface area (Å²) in [7, 11) is 0. The monoisotopic (exact) mass is 377 g/mol. The van der Waals surface area contributed by atoms with E-state index in [0.29, 0.717) is 19.6 Å². The summed E-state index contributed by atoms with van der Waals surface area (Å²) in [6.45, 7) is 7.02. The number of nitrogens with zero attached hydrogens (tertiary/aromatic N) is 3. The summed E-state index contributed by atoms with van der Waals surface area (Å²) in [4.78, 5) is 16.3. The topological polar surface area (TPSA) is 56.6 Å². The molecule has 5 nitrogen and oxygen atoms in total. The average molecular weight is 377 g/mol. The molecule has 5 heteroatoms. The molecule has 0 radical (unpaired) electrons. The summed E-state index contributed by atoms with van der Waals surface area (Å²) < 4.78 is 5.49. The smallest absolute Gasteiger partial charge is 0.410 e. The van der Waals surface area contributed by atoms with Crippen molar-refractivity contribution in [3.8, 4) is 6.07 Å². The minimum Gasteiger partial charge on any atom is -0.444 e. The predicted molar refractivity (Wildman–Crippen MR) is 109 cm³/mol. The van der Waals surface area contributed by atoms with Gasteiger partial charge in [-0.3, -0.25) is 4.90 Å². The second kappa shape index (κ2) is 8.45. The number of hydrogen-bond acceptors (Lipinski definition) is 4. The number of amides is 1. The minimum atomic E-state index is -0.549. The van der Waals surface area contributed by atoms with Gasteiger partial charge in [-0.15, -0.1) is 0 Å². The van der Waals surface area contributed by atoms with E-state index < -0.39 is 11.6 Å². The van der Waals surface area contributed by atoms with Crippen LogP contribution in [0.25, 0.3) is 0 Å². The highest BCUT2D eigenvalue weighted by Gasteiger charge is 2.36. The largest absolute Gasteiger partial charge is 0.444 e. The summed E-state index contributed by atoms with van der Waals surface area (Å²) in [6, 6.07) is 22.4. The van der Waals surface area contributed by atoms with Crippen LogP contribution in [0.4, 0.5) is 4.79 Å². The Hall–Kier alpha value is -2.84. The maximum Gasteiger partial charge on any atom is 0.410 e. The molecular formula is C23H27N3O2. The molecule has 1 atom stereocenters. The molecule has 1 aliphatic heterocycles. The molecule has 0 aliphatic carbocycles. The standard InChI is InChI=1S/C23H27N3O2/c1-23(2,3)28-22(27)25-14-15-26(20(16-24)17-25)21(18-10-6-4-7-11-18)19-12-8-5-9-13-19/h4-13,20-21H,14-15,17H2,1-3H3/t20-/m0/s1. The molecule has 0 N–H and O–H groups in total. The number of ether oxygens (including phenoxy) is 1. The number of carbonyl (C=O) groups excluding carboxylic acids is 1. The zero-order chi connectivity index (χ0) is 20.1. The van der Waals surface area contributed by atoms with E-state index in [1.54, 1.807) is 4.90 Å². The Bertz CT molecular complexity index is 785. The molecule has 2 aromatic carbocycles. The van der Waals surface area contributed by atoms with Gasteiger partial charge >= 0.3 is 6.09 Å². The quantitative estimate of drug-likeness (QED) is 0.804. The molecule has 28 heavy (non-hydrogen) atoms. The van der Waals surface area contributed by atoms with E-state index in [1.165, 1.54) is 0 Å². The number of rotatable bonds is 3. The van der Waals surface area contributed by atoms with Crippen LogP contribution in [-0.2, 0) is 4.74 Å². The third-order valence-electron chi connectivity index (χ3n) is 4.78. The van der Waals surface area contributed by atoms with Crippen LogP contribution in [-0.4, -0.2) is 47.2 Å². The molecule has 0 unspecified atom stereocenters. The highest BCUT2D eigenvalue weighted by molar-refractivity contribution is 5.68. The van der Waals surface area contributed by atoms with E-state index in [4.69, 9.17) is 4.74 Å². The zero-order valence-corrected chi connectivity index (χ0v) is 16.7. The Morgan fingerprint density at radius 2 is 1.57 bits per heavy atom. The van der Waals surface area contributed by atoms with Crippen molar-refractivity contribution in [3.05, 3.63) is 71.8 Å². The van der Waals surface area contributed by atoms with Gasteiger partial charge in [0.2, 0.25) is 0 Å². The Labute approximate surface area is 167 Å². The van der Waals surface area contributed by atoms with Crippen molar-refractivity contribution in [3.63, 3.8) is 0 Å². The molecule has 1 amide bonds. The van der Waals surface area contributed by atoms with Crippen molar-refractivity contribution < 1.29 is 9.53 Å². The minimum absolute atomic E-state index is 0.0344. The van der Waals surface area contributed by atoms with E-state index in [1.807, 2.05) is 57.2 Å². The van der Waals surface area contributed by atoms with Gasteiger partial charge in [0, 0.05) is 13.1 Å². The van der Waals surface area contributed by atoms with Crippen molar-refractivity contribution >= 4 is 6.09 Å². The Morgan fingerprint density at radius 3 is 2.04 bits per heavy atom. The molecule has 0 saturated carbocycles. The van der Waals surface area contributed by atoms with Crippen LogP contribution >= 0.6 is 0 Å². The number of piperazine rings is 1. The summed E-state index contributed by atoms with van der Waals surface area (Å²) >= 11 is 0. The third kappa shape index (κ3) is 4.71. The molecule has 0 spiro atoms. The molecular weight excluding hydrogens is 350 g/mol. The van der Waals surface area contributed by atoms with Crippen LogP contribution in [0.15, 0.2) is 60.7 Å². The van der Waals surface area contributed by atoms with Crippen LogP contribution in [0.3, 0.4) is 0 Å². The van der Waals surface area contributed by atoms with Gasteiger partial charge in [0.1, 0.15) is 11.6 Å². The molecule has 1 fully saturated rings. The van der Waals surface area contributed by atoms with Gasteiger partial charge in [-0.05, 0) is 31.9 Å². The Balaban J connectivity index is 1.86. The summed E-state index contributed by atoms with van der Waals surface area (Å²) in [5, 5.41) is 9.87. The molecule has 1 heterocycles. The van der Waals surface area contributed by atoms with Crippen LogP contribution < -0.4 is 0 Å². The predicted octanol–water partition coefficient (Wildman–Crippen LogP) is 4.22. The van der Waals surface area contributed by atoms with Gasteiger partial charge in [0.25, 0.3) is 0 Å². The van der Waals surface area contributed by atoms with Crippen molar-refractivity contribution in [1.29, 1.82) is 5.26 Å². The van der Waals surface area contributed by atoms with Gasteiger partial charge in [-0.1, -0.05) is 60.7 Å². The van der Waals surface area contributed by atoms with Gasteiger partial charge in [-0.25, -0.2) is 4.79 Å². The Kier molecular flexibility index (Phi) is 6.01. The fourth-order valence-corrected chi connectivity index (χ4v) is 3.56. The van der Waals surface area contributed by atoms with Gasteiger partial charge in [0.15, 0.2) is 0 Å². The molecule has 2 aromatic rings. The van der Waals surface area contributed by atoms with E-state index in [0.717, 1.165) is 11.1 Å². The lowest BCUT2D eigenvalue weighted by Crippen LogP contribution is -2.56. The number of hydrogen-bond donors (Lipinski definition) is 0. The van der Waals surface area contributed by atoms with Gasteiger partial charge in [-0.2, -0.15) is 5.26 Å². The van der Waals surface area contributed by atoms with E-state index in [2.05, 4.69) is 35.2 Å². The van der Waals surface area contributed by atoms with Crippen LogP contribution in [0.2, 0.25) is 0 Å². The molecule has 1 saturated heterocycles. The Morgan fingerprint density at radius 1 is 1.04 bits per heavy atom. The van der Waals surface area contributed by atoms with Crippen LogP contribution in [0.1, 0.15) is 37.9 Å². The summed E-state index contributed by atoms with van der Waals surface area (Å²) in [5.41, 5.74) is 1.73. The first-order chi connectivity index (χ1) is 13.4.